The first-order valence-electron chi connectivity index (χ1n) is 11.8. The summed E-state index contributed by atoms with van der Waals surface area (Å²) in [4.78, 5) is 30.3. The van der Waals surface area contributed by atoms with Crippen molar-refractivity contribution in [2.45, 2.75) is 44.7 Å². The third-order valence-electron chi connectivity index (χ3n) is 7.52. The van der Waals surface area contributed by atoms with E-state index in [-0.39, 0.29) is 23.4 Å². The average Bonchev–Trinajstić information content (AvgIpc) is 3.52. The van der Waals surface area contributed by atoms with Gasteiger partial charge in [-0.25, -0.2) is 15.0 Å². The van der Waals surface area contributed by atoms with Gasteiger partial charge in [0.25, 0.3) is 5.91 Å². The third-order valence-corrected chi connectivity index (χ3v) is 8.61. The number of hydrogen-bond donors (Lipinski definition) is 3. The van der Waals surface area contributed by atoms with E-state index in [1.165, 1.54) is 16.9 Å². The fourth-order valence-electron chi connectivity index (χ4n) is 5.50. The number of aryl methyl sites for hydroxylation is 2. The second kappa shape index (κ2) is 8.14. The van der Waals surface area contributed by atoms with Gasteiger partial charge >= 0.3 is 0 Å². The Balaban J connectivity index is 1.15. The third kappa shape index (κ3) is 3.60. The number of ether oxygens (including phenoxy) is 1. The van der Waals surface area contributed by atoms with Gasteiger partial charge in [0.2, 0.25) is 0 Å². The topological polar surface area (TPSA) is 132 Å². The lowest BCUT2D eigenvalue weighted by Gasteiger charge is -2.27. The smallest absolute Gasteiger partial charge is 0.263 e. The van der Waals surface area contributed by atoms with E-state index in [2.05, 4.69) is 32.3 Å². The molecule has 1 spiro atoms. The zero-order chi connectivity index (χ0) is 23.4. The van der Waals surface area contributed by atoms with Crippen molar-refractivity contribution in [1.82, 2.24) is 20.3 Å². The fourth-order valence-corrected chi connectivity index (χ4v) is 6.50. The fraction of sp³-hybridized carbons (Fsp3) is 0.500. The summed E-state index contributed by atoms with van der Waals surface area (Å²) >= 11 is 1.30. The van der Waals surface area contributed by atoms with Crippen molar-refractivity contribution in [1.29, 1.82) is 0 Å². The number of carbonyl (C=O) groups excluding carboxylic acids is 1. The van der Waals surface area contributed by atoms with Crippen LogP contribution in [0.4, 0.5) is 11.5 Å². The number of fused-ring (bicyclic) bond motifs is 2. The standard InChI is InChI=1S/C24H29N7O2S/c1-13-9-27-20-19(26)21(34-23(20)28-13)22(32)29-15-3-4-16-14(8-15)2-5-18(30-16)31-10-17(25)24(11-31)6-7-33-12-24/h2,5,9,15,17H,3-4,6-8,10-12,25-26H2,1H3,(H,29,32). The number of rotatable bonds is 3. The van der Waals surface area contributed by atoms with Crippen molar-refractivity contribution >= 4 is 39.1 Å². The van der Waals surface area contributed by atoms with Gasteiger partial charge in [-0.3, -0.25) is 4.79 Å². The Hall–Kier alpha value is -2.82. The Morgan fingerprint density at radius 2 is 2.24 bits per heavy atom. The Morgan fingerprint density at radius 1 is 1.35 bits per heavy atom. The summed E-state index contributed by atoms with van der Waals surface area (Å²) in [6.45, 7) is 5.13. The highest BCUT2D eigenvalue weighted by Crippen LogP contribution is 2.39. The molecule has 6 rings (SSSR count). The van der Waals surface area contributed by atoms with Crippen LogP contribution in [-0.4, -0.2) is 59.2 Å². The minimum atomic E-state index is -0.159. The van der Waals surface area contributed by atoms with E-state index in [4.69, 9.17) is 21.2 Å². The molecule has 3 aromatic rings. The second-order valence-electron chi connectivity index (χ2n) is 9.85. The van der Waals surface area contributed by atoms with Crippen LogP contribution in [0.15, 0.2) is 18.3 Å². The van der Waals surface area contributed by atoms with Gasteiger partial charge in [-0.1, -0.05) is 6.07 Å². The predicted molar refractivity (Wildman–Crippen MR) is 132 cm³/mol. The molecule has 0 aromatic carbocycles. The summed E-state index contributed by atoms with van der Waals surface area (Å²) in [7, 11) is 0. The molecule has 5 heterocycles. The van der Waals surface area contributed by atoms with Crippen molar-refractivity contribution in [2.24, 2.45) is 11.1 Å². The first-order valence-corrected chi connectivity index (χ1v) is 12.6. The van der Waals surface area contributed by atoms with Crippen molar-refractivity contribution in [3.63, 3.8) is 0 Å². The first kappa shape index (κ1) is 21.7. The molecule has 1 aliphatic carbocycles. The van der Waals surface area contributed by atoms with Gasteiger partial charge in [0, 0.05) is 49.1 Å². The summed E-state index contributed by atoms with van der Waals surface area (Å²) in [5.74, 6) is 0.835. The number of anilines is 2. The zero-order valence-corrected chi connectivity index (χ0v) is 20.0. The minimum Gasteiger partial charge on any atom is -0.396 e. The number of amides is 1. The molecule has 0 radical (unpaired) electrons. The monoisotopic (exact) mass is 479 g/mol. The van der Waals surface area contributed by atoms with E-state index in [0.717, 1.165) is 69.2 Å². The summed E-state index contributed by atoms with van der Waals surface area (Å²) in [5.41, 5.74) is 16.9. The van der Waals surface area contributed by atoms with Gasteiger partial charge in [0.15, 0.2) is 0 Å². The number of pyridine rings is 1. The largest absolute Gasteiger partial charge is 0.396 e. The molecule has 2 fully saturated rings. The van der Waals surface area contributed by atoms with Crippen molar-refractivity contribution in [3.05, 3.63) is 40.2 Å². The van der Waals surface area contributed by atoms with Crippen LogP contribution in [0.5, 0.6) is 0 Å². The minimum absolute atomic E-state index is 0.0408. The van der Waals surface area contributed by atoms with E-state index in [1.54, 1.807) is 6.20 Å². The molecule has 3 aliphatic rings. The zero-order valence-electron chi connectivity index (χ0n) is 19.2. The van der Waals surface area contributed by atoms with E-state index in [1.807, 2.05) is 6.92 Å². The molecule has 178 valence electrons. The number of nitrogen functional groups attached to an aromatic ring is 1. The lowest BCUT2D eigenvalue weighted by molar-refractivity contribution is 0.0938. The van der Waals surface area contributed by atoms with Gasteiger partial charge in [-0.2, -0.15) is 0 Å². The normalized spacial score (nSPS) is 26.4. The highest BCUT2D eigenvalue weighted by atomic mass is 32.1. The van der Waals surface area contributed by atoms with Crippen molar-refractivity contribution < 1.29 is 9.53 Å². The maximum absolute atomic E-state index is 13.0. The molecule has 9 nitrogen and oxygen atoms in total. The SMILES string of the molecule is Cc1cnc2c(N)c(C(=O)NC3CCc4nc(N5CC(N)C6(CCOC6)C5)ccc4C3)sc2n1. The van der Waals surface area contributed by atoms with Gasteiger partial charge in [0.05, 0.1) is 18.0 Å². The maximum atomic E-state index is 13.0. The van der Waals surface area contributed by atoms with Crippen molar-refractivity contribution in [3.8, 4) is 0 Å². The second-order valence-corrected chi connectivity index (χ2v) is 10.8. The summed E-state index contributed by atoms with van der Waals surface area (Å²) in [6.07, 6.45) is 5.11. The van der Waals surface area contributed by atoms with Crippen LogP contribution in [0, 0.1) is 12.3 Å². The Labute approximate surface area is 201 Å². The van der Waals surface area contributed by atoms with Gasteiger partial charge in [-0.05, 0) is 44.2 Å². The van der Waals surface area contributed by atoms with Crippen LogP contribution >= 0.6 is 11.3 Å². The molecule has 2 aliphatic heterocycles. The van der Waals surface area contributed by atoms with Crippen LogP contribution in [0.2, 0.25) is 0 Å². The van der Waals surface area contributed by atoms with E-state index in [0.29, 0.717) is 20.9 Å². The number of nitrogens with two attached hydrogens (primary N) is 2. The number of hydrogen-bond acceptors (Lipinski definition) is 9. The lowest BCUT2D eigenvalue weighted by Crippen LogP contribution is -2.40. The number of carbonyl (C=O) groups is 1. The van der Waals surface area contributed by atoms with Gasteiger partial charge < -0.3 is 26.4 Å². The molecule has 34 heavy (non-hydrogen) atoms. The highest BCUT2D eigenvalue weighted by Gasteiger charge is 2.47. The highest BCUT2D eigenvalue weighted by molar-refractivity contribution is 7.21. The van der Waals surface area contributed by atoms with E-state index >= 15 is 0 Å². The Kier molecular flexibility index (Phi) is 5.20. The Morgan fingerprint density at radius 3 is 3.06 bits per heavy atom. The number of aromatic nitrogens is 3. The lowest BCUT2D eigenvalue weighted by atomic mass is 9.83. The molecule has 0 saturated carbocycles. The van der Waals surface area contributed by atoms with E-state index in [9.17, 15) is 4.79 Å². The van der Waals surface area contributed by atoms with Crippen LogP contribution in [0.1, 0.15) is 39.5 Å². The van der Waals surface area contributed by atoms with Gasteiger partial charge in [-0.15, -0.1) is 11.3 Å². The molecule has 3 unspecified atom stereocenters. The average molecular weight is 480 g/mol. The van der Waals surface area contributed by atoms with Crippen LogP contribution in [0.3, 0.4) is 0 Å². The van der Waals surface area contributed by atoms with Crippen LogP contribution in [-0.2, 0) is 17.6 Å². The van der Waals surface area contributed by atoms with Crippen LogP contribution < -0.4 is 21.7 Å². The molecule has 5 N–H and O–H groups in total. The molecule has 2 saturated heterocycles. The predicted octanol–water partition coefficient (Wildman–Crippen LogP) is 1.82. The quantitative estimate of drug-likeness (QED) is 0.518. The number of thiophene rings is 1. The van der Waals surface area contributed by atoms with Gasteiger partial charge in [0.1, 0.15) is 21.0 Å². The number of nitrogens with zero attached hydrogens (tertiary/aromatic N) is 4. The summed E-state index contributed by atoms with van der Waals surface area (Å²) < 4.78 is 5.66. The number of nitrogens with one attached hydrogen (secondary N) is 1. The maximum Gasteiger partial charge on any atom is 0.263 e. The summed E-state index contributed by atoms with van der Waals surface area (Å²) in [5, 5.41) is 3.17. The molecular formula is C24H29N7O2S. The molecule has 3 aromatic heterocycles. The first-order chi connectivity index (χ1) is 16.4. The molecule has 3 atom stereocenters. The van der Waals surface area contributed by atoms with Crippen LogP contribution in [0.25, 0.3) is 10.3 Å². The molecule has 10 heteroatoms. The summed E-state index contributed by atoms with van der Waals surface area (Å²) in [6, 6.07) is 4.40. The molecule has 1 amide bonds. The van der Waals surface area contributed by atoms with Crippen molar-refractivity contribution in [2.75, 3.05) is 36.9 Å². The molecular weight excluding hydrogens is 450 g/mol. The van der Waals surface area contributed by atoms with E-state index < -0.39 is 0 Å². The molecule has 0 bridgehead atoms. The Bertz CT molecular complexity index is 1270.